The number of aromatic nitrogens is 3. The minimum atomic E-state index is 0. The van der Waals surface area contributed by atoms with Crippen molar-refractivity contribution in [2.24, 2.45) is 12.0 Å². The molecule has 0 radical (unpaired) electrons. The van der Waals surface area contributed by atoms with Gasteiger partial charge in [-0.15, -0.1) is 24.0 Å². The van der Waals surface area contributed by atoms with Crippen molar-refractivity contribution in [2.45, 2.75) is 19.4 Å². The third-order valence-corrected chi connectivity index (χ3v) is 4.18. The van der Waals surface area contributed by atoms with Crippen molar-refractivity contribution in [2.75, 3.05) is 32.8 Å². The van der Waals surface area contributed by atoms with E-state index in [1.807, 2.05) is 36.4 Å². The summed E-state index contributed by atoms with van der Waals surface area (Å²) in [6.45, 7) is 5.99. The topological polar surface area (TPSA) is 67.6 Å². The Morgan fingerprint density at radius 1 is 1.42 bits per heavy atom. The van der Waals surface area contributed by atoms with Gasteiger partial charge in [-0.3, -0.25) is 14.7 Å². The van der Waals surface area contributed by atoms with Gasteiger partial charge >= 0.3 is 0 Å². The molecule has 142 valence electrons. The highest BCUT2D eigenvalue weighted by atomic mass is 127. The van der Waals surface area contributed by atoms with Gasteiger partial charge in [0.05, 0.1) is 19.3 Å². The molecule has 0 saturated carbocycles. The van der Waals surface area contributed by atoms with Crippen molar-refractivity contribution in [1.29, 1.82) is 0 Å². The van der Waals surface area contributed by atoms with Gasteiger partial charge in [-0.1, -0.05) is 6.07 Å². The van der Waals surface area contributed by atoms with Crippen LogP contribution in [0.2, 0.25) is 0 Å². The summed E-state index contributed by atoms with van der Waals surface area (Å²) in [5.41, 5.74) is 2.32. The summed E-state index contributed by atoms with van der Waals surface area (Å²) >= 11 is 0. The van der Waals surface area contributed by atoms with Crippen LogP contribution in [0.15, 0.2) is 41.9 Å². The number of nitrogens with one attached hydrogen (secondary N) is 1. The molecule has 0 amide bonds. The lowest BCUT2D eigenvalue weighted by atomic mass is 10.1. The molecule has 1 N–H and O–H groups in total. The van der Waals surface area contributed by atoms with E-state index in [0.29, 0.717) is 6.61 Å². The molecule has 0 aliphatic carbocycles. The molecule has 0 aromatic carbocycles. The van der Waals surface area contributed by atoms with Gasteiger partial charge in [0.25, 0.3) is 0 Å². The van der Waals surface area contributed by atoms with Crippen molar-refractivity contribution in [3.05, 3.63) is 48.0 Å². The van der Waals surface area contributed by atoms with Gasteiger partial charge < -0.3 is 15.0 Å². The lowest BCUT2D eigenvalue weighted by molar-refractivity contribution is -0.00803. The summed E-state index contributed by atoms with van der Waals surface area (Å²) in [6.07, 6.45) is 8.50. The van der Waals surface area contributed by atoms with Crippen molar-refractivity contribution in [3.8, 4) is 0 Å². The summed E-state index contributed by atoms with van der Waals surface area (Å²) in [5, 5.41) is 7.65. The van der Waals surface area contributed by atoms with E-state index in [1.54, 1.807) is 6.20 Å². The Hall–Kier alpha value is -1.68. The first kappa shape index (κ1) is 20.6. The van der Waals surface area contributed by atoms with Gasteiger partial charge in [-0.2, -0.15) is 5.10 Å². The second-order valence-electron chi connectivity index (χ2n) is 6.10. The standard InChI is InChI=1S/C18H26N6O.HI/c1-3-20-18(21-8-6-15-5-4-7-19-11-15)24-9-10-25-17(14-24)16-12-22-23(2)13-16;/h4-5,7,11-13,17H,3,6,8-10,14H2,1-2H3,(H,20,21);1H. The molecule has 1 unspecified atom stereocenters. The average Bonchev–Trinajstić information content (AvgIpc) is 3.08. The number of ether oxygens (including phenoxy) is 1. The Morgan fingerprint density at radius 3 is 3.00 bits per heavy atom. The number of nitrogens with zero attached hydrogens (tertiary/aromatic N) is 5. The first-order valence-corrected chi connectivity index (χ1v) is 8.78. The molecular formula is C18H27IN6O. The summed E-state index contributed by atoms with van der Waals surface area (Å²) in [4.78, 5) is 11.2. The van der Waals surface area contributed by atoms with Crippen LogP contribution in [-0.4, -0.2) is 58.4 Å². The van der Waals surface area contributed by atoms with Gasteiger partial charge in [0.1, 0.15) is 6.10 Å². The highest BCUT2D eigenvalue weighted by Crippen LogP contribution is 2.21. The number of hydrogen-bond acceptors (Lipinski definition) is 4. The smallest absolute Gasteiger partial charge is 0.194 e. The van der Waals surface area contributed by atoms with Gasteiger partial charge in [-0.25, -0.2) is 0 Å². The van der Waals surface area contributed by atoms with Gasteiger partial charge in [0, 0.05) is 50.8 Å². The van der Waals surface area contributed by atoms with Crippen LogP contribution in [0, 0.1) is 0 Å². The highest BCUT2D eigenvalue weighted by Gasteiger charge is 2.25. The number of guanidine groups is 1. The van der Waals surface area contributed by atoms with Crippen molar-refractivity contribution < 1.29 is 4.74 Å². The zero-order valence-electron chi connectivity index (χ0n) is 15.3. The Bertz CT molecular complexity index is 690. The van der Waals surface area contributed by atoms with Crippen molar-refractivity contribution in [1.82, 2.24) is 25.0 Å². The SMILES string of the molecule is CCNC(=NCCc1cccnc1)N1CCOC(c2cnn(C)c2)C1.I. The minimum Gasteiger partial charge on any atom is -0.370 e. The number of rotatable bonds is 5. The molecule has 1 fully saturated rings. The van der Waals surface area contributed by atoms with E-state index >= 15 is 0 Å². The molecule has 0 spiro atoms. The average molecular weight is 470 g/mol. The fourth-order valence-electron chi connectivity index (χ4n) is 2.91. The van der Waals surface area contributed by atoms with Crippen LogP contribution in [-0.2, 0) is 18.2 Å². The predicted molar refractivity (Wildman–Crippen MR) is 113 cm³/mol. The number of pyridine rings is 1. The van der Waals surface area contributed by atoms with Gasteiger partial charge in [0.2, 0.25) is 0 Å². The molecule has 1 saturated heterocycles. The Kier molecular flexibility index (Phi) is 8.30. The van der Waals surface area contributed by atoms with Gasteiger partial charge in [0.15, 0.2) is 5.96 Å². The van der Waals surface area contributed by atoms with Crippen LogP contribution in [0.3, 0.4) is 0 Å². The van der Waals surface area contributed by atoms with E-state index in [2.05, 4.69) is 33.3 Å². The number of aliphatic imine (C=N–C) groups is 1. The summed E-state index contributed by atoms with van der Waals surface area (Å²) < 4.78 is 7.73. The molecule has 1 atom stereocenters. The molecular weight excluding hydrogens is 443 g/mol. The molecule has 2 aromatic rings. The van der Waals surface area contributed by atoms with Crippen LogP contribution < -0.4 is 5.32 Å². The van der Waals surface area contributed by atoms with E-state index in [9.17, 15) is 0 Å². The molecule has 3 heterocycles. The number of aryl methyl sites for hydroxylation is 1. The fourth-order valence-corrected chi connectivity index (χ4v) is 2.91. The zero-order chi connectivity index (χ0) is 17.5. The van der Waals surface area contributed by atoms with Crippen molar-refractivity contribution in [3.63, 3.8) is 0 Å². The highest BCUT2D eigenvalue weighted by molar-refractivity contribution is 14.0. The molecule has 1 aliphatic rings. The maximum Gasteiger partial charge on any atom is 0.194 e. The minimum absolute atomic E-state index is 0. The van der Waals surface area contributed by atoms with E-state index in [1.165, 1.54) is 5.56 Å². The summed E-state index contributed by atoms with van der Waals surface area (Å²) in [7, 11) is 1.92. The number of halogens is 1. The molecule has 26 heavy (non-hydrogen) atoms. The van der Waals surface area contributed by atoms with E-state index in [-0.39, 0.29) is 30.1 Å². The molecule has 7 nitrogen and oxygen atoms in total. The molecule has 2 aromatic heterocycles. The first-order valence-electron chi connectivity index (χ1n) is 8.78. The molecule has 0 bridgehead atoms. The third-order valence-electron chi connectivity index (χ3n) is 4.18. The third kappa shape index (κ3) is 5.66. The van der Waals surface area contributed by atoms with E-state index in [4.69, 9.17) is 9.73 Å². The number of morpholine rings is 1. The van der Waals surface area contributed by atoms with Crippen LogP contribution in [0.1, 0.15) is 24.2 Å². The predicted octanol–water partition coefficient (Wildman–Crippen LogP) is 2.01. The Balaban J connectivity index is 0.00000243. The Morgan fingerprint density at radius 2 is 2.31 bits per heavy atom. The first-order chi connectivity index (χ1) is 12.3. The lowest BCUT2D eigenvalue weighted by Gasteiger charge is -2.34. The summed E-state index contributed by atoms with van der Waals surface area (Å²) in [6, 6.07) is 4.05. The van der Waals surface area contributed by atoms with Crippen molar-refractivity contribution >= 4 is 29.9 Å². The second kappa shape index (κ2) is 10.5. The summed E-state index contributed by atoms with van der Waals surface area (Å²) in [5.74, 6) is 0.948. The van der Waals surface area contributed by atoms with Crippen LogP contribution in [0.5, 0.6) is 0 Å². The lowest BCUT2D eigenvalue weighted by Crippen LogP contribution is -2.48. The van der Waals surface area contributed by atoms with Crippen LogP contribution >= 0.6 is 24.0 Å². The quantitative estimate of drug-likeness (QED) is 0.412. The molecule has 3 rings (SSSR count). The normalized spacial score (nSPS) is 17.7. The fraction of sp³-hybridized carbons (Fsp3) is 0.500. The Labute approximate surface area is 171 Å². The van der Waals surface area contributed by atoms with E-state index < -0.39 is 0 Å². The largest absolute Gasteiger partial charge is 0.370 e. The second-order valence-corrected chi connectivity index (χ2v) is 6.10. The zero-order valence-corrected chi connectivity index (χ0v) is 17.7. The van der Waals surface area contributed by atoms with E-state index in [0.717, 1.165) is 44.1 Å². The monoisotopic (exact) mass is 470 g/mol. The maximum atomic E-state index is 5.92. The molecule has 8 heteroatoms. The maximum absolute atomic E-state index is 5.92. The molecule has 1 aliphatic heterocycles. The number of hydrogen-bond donors (Lipinski definition) is 1. The van der Waals surface area contributed by atoms with Crippen LogP contribution in [0.4, 0.5) is 0 Å². The van der Waals surface area contributed by atoms with Gasteiger partial charge in [-0.05, 0) is 25.0 Å². The van der Waals surface area contributed by atoms with Crippen LogP contribution in [0.25, 0.3) is 0 Å².